The number of hydrogen-bond acceptors (Lipinski definition) is 3. The SMILES string of the molecule is CC(C1CC1)N(C)c1ccc(CNC(C)(C)C)cn1. The minimum atomic E-state index is 0.149. The average Bonchev–Trinajstić information content (AvgIpc) is 3.18. The number of nitrogens with one attached hydrogen (secondary N) is 1. The van der Waals surface area contributed by atoms with Crippen LogP contribution in [0.3, 0.4) is 0 Å². The first-order chi connectivity index (χ1) is 8.87. The fourth-order valence-electron chi connectivity index (χ4n) is 2.20. The molecular formula is C16H27N3. The molecule has 106 valence electrons. The molecule has 0 bridgehead atoms. The summed E-state index contributed by atoms with van der Waals surface area (Å²) in [5, 5.41) is 3.48. The molecule has 1 N–H and O–H groups in total. The van der Waals surface area contributed by atoms with Crippen molar-refractivity contribution in [1.29, 1.82) is 0 Å². The van der Waals surface area contributed by atoms with Gasteiger partial charge in [0.15, 0.2) is 0 Å². The Balaban J connectivity index is 1.93. The molecule has 0 saturated heterocycles. The Morgan fingerprint density at radius 1 is 1.37 bits per heavy atom. The van der Waals surface area contributed by atoms with E-state index in [2.05, 4.69) is 62.1 Å². The van der Waals surface area contributed by atoms with Crippen LogP contribution in [-0.4, -0.2) is 23.6 Å². The maximum Gasteiger partial charge on any atom is 0.128 e. The first-order valence-corrected chi connectivity index (χ1v) is 7.29. The van der Waals surface area contributed by atoms with Gasteiger partial charge in [0.2, 0.25) is 0 Å². The zero-order valence-corrected chi connectivity index (χ0v) is 12.9. The number of anilines is 1. The van der Waals surface area contributed by atoms with Crippen molar-refractivity contribution in [3.63, 3.8) is 0 Å². The van der Waals surface area contributed by atoms with Crippen LogP contribution >= 0.6 is 0 Å². The fourth-order valence-corrected chi connectivity index (χ4v) is 2.20. The molecule has 0 spiro atoms. The molecule has 1 fully saturated rings. The van der Waals surface area contributed by atoms with Crippen molar-refractivity contribution >= 4 is 5.82 Å². The summed E-state index contributed by atoms with van der Waals surface area (Å²) >= 11 is 0. The summed E-state index contributed by atoms with van der Waals surface area (Å²) in [5.41, 5.74) is 1.39. The molecule has 19 heavy (non-hydrogen) atoms. The summed E-state index contributed by atoms with van der Waals surface area (Å²) < 4.78 is 0. The second-order valence-corrected chi connectivity index (χ2v) is 6.82. The van der Waals surface area contributed by atoms with Gasteiger partial charge < -0.3 is 10.2 Å². The van der Waals surface area contributed by atoms with Gasteiger partial charge in [-0.25, -0.2) is 4.98 Å². The van der Waals surface area contributed by atoms with Gasteiger partial charge in [0.05, 0.1) is 0 Å². The van der Waals surface area contributed by atoms with E-state index in [9.17, 15) is 0 Å². The Morgan fingerprint density at radius 3 is 2.53 bits per heavy atom. The Hall–Kier alpha value is -1.09. The first-order valence-electron chi connectivity index (χ1n) is 7.29. The normalized spacial score (nSPS) is 17.3. The van der Waals surface area contributed by atoms with Crippen molar-refractivity contribution < 1.29 is 0 Å². The van der Waals surface area contributed by atoms with E-state index in [1.165, 1.54) is 18.4 Å². The monoisotopic (exact) mass is 261 g/mol. The van der Waals surface area contributed by atoms with E-state index in [4.69, 9.17) is 0 Å². The minimum absolute atomic E-state index is 0.149. The highest BCUT2D eigenvalue weighted by molar-refractivity contribution is 5.40. The molecule has 3 nitrogen and oxygen atoms in total. The summed E-state index contributed by atoms with van der Waals surface area (Å²) in [5.74, 6) is 1.95. The van der Waals surface area contributed by atoms with Gasteiger partial charge in [0, 0.05) is 31.4 Å². The highest BCUT2D eigenvalue weighted by atomic mass is 15.2. The zero-order chi connectivity index (χ0) is 14.0. The van der Waals surface area contributed by atoms with Gasteiger partial charge >= 0.3 is 0 Å². The van der Waals surface area contributed by atoms with Crippen LogP contribution in [0.2, 0.25) is 0 Å². The Kier molecular flexibility index (Phi) is 4.14. The minimum Gasteiger partial charge on any atom is -0.357 e. The molecule has 0 aliphatic heterocycles. The molecule has 1 atom stereocenters. The predicted octanol–water partition coefficient (Wildman–Crippen LogP) is 3.20. The number of pyridine rings is 1. The van der Waals surface area contributed by atoms with Gasteiger partial charge in [0.1, 0.15) is 5.82 Å². The van der Waals surface area contributed by atoms with Crippen LogP contribution in [0.15, 0.2) is 18.3 Å². The van der Waals surface area contributed by atoms with Gasteiger partial charge in [-0.05, 0) is 58.1 Å². The number of rotatable bonds is 5. The van der Waals surface area contributed by atoms with Crippen LogP contribution < -0.4 is 10.2 Å². The highest BCUT2D eigenvalue weighted by Gasteiger charge is 2.30. The van der Waals surface area contributed by atoms with Crippen LogP contribution in [0.25, 0.3) is 0 Å². The van der Waals surface area contributed by atoms with Crippen LogP contribution in [0.1, 0.15) is 46.1 Å². The molecule has 1 saturated carbocycles. The Labute approximate surface area is 117 Å². The van der Waals surface area contributed by atoms with Crippen molar-refractivity contribution in [3.8, 4) is 0 Å². The van der Waals surface area contributed by atoms with Gasteiger partial charge in [-0.3, -0.25) is 0 Å². The van der Waals surface area contributed by atoms with E-state index in [1.54, 1.807) is 0 Å². The van der Waals surface area contributed by atoms with E-state index in [-0.39, 0.29) is 5.54 Å². The summed E-state index contributed by atoms with van der Waals surface area (Å²) in [6, 6.07) is 4.92. The molecule has 3 heteroatoms. The van der Waals surface area contributed by atoms with Crippen molar-refractivity contribution in [3.05, 3.63) is 23.9 Å². The summed E-state index contributed by atoms with van der Waals surface area (Å²) in [7, 11) is 2.15. The summed E-state index contributed by atoms with van der Waals surface area (Å²) in [4.78, 5) is 6.90. The van der Waals surface area contributed by atoms with Crippen molar-refractivity contribution in [2.45, 2.75) is 58.7 Å². The third kappa shape index (κ3) is 4.20. The van der Waals surface area contributed by atoms with Crippen molar-refractivity contribution in [2.75, 3.05) is 11.9 Å². The molecule has 1 aromatic rings. The second kappa shape index (κ2) is 5.49. The number of hydrogen-bond donors (Lipinski definition) is 1. The molecule has 0 aromatic carbocycles. The Bertz CT molecular complexity index is 401. The molecular weight excluding hydrogens is 234 g/mol. The first kappa shape index (κ1) is 14.3. The predicted molar refractivity (Wildman–Crippen MR) is 81.4 cm³/mol. The smallest absolute Gasteiger partial charge is 0.128 e. The van der Waals surface area contributed by atoms with Gasteiger partial charge in [-0.2, -0.15) is 0 Å². The number of nitrogens with zero attached hydrogens (tertiary/aromatic N) is 2. The van der Waals surface area contributed by atoms with E-state index < -0.39 is 0 Å². The molecule has 0 radical (unpaired) electrons. The maximum atomic E-state index is 4.60. The zero-order valence-electron chi connectivity index (χ0n) is 12.9. The molecule has 1 unspecified atom stereocenters. The van der Waals surface area contributed by atoms with Crippen LogP contribution in [0.4, 0.5) is 5.82 Å². The highest BCUT2D eigenvalue weighted by Crippen LogP contribution is 2.35. The second-order valence-electron chi connectivity index (χ2n) is 6.82. The number of aromatic nitrogens is 1. The van der Waals surface area contributed by atoms with Crippen molar-refractivity contribution in [1.82, 2.24) is 10.3 Å². The third-order valence-corrected chi connectivity index (χ3v) is 3.91. The molecule has 1 heterocycles. The van der Waals surface area contributed by atoms with E-state index >= 15 is 0 Å². The molecule has 1 aromatic heterocycles. The Morgan fingerprint density at radius 2 is 2.05 bits per heavy atom. The van der Waals surface area contributed by atoms with E-state index in [0.29, 0.717) is 6.04 Å². The molecule has 1 aliphatic carbocycles. The lowest BCUT2D eigenvalue weighted by Crippen LogP contribution is -2.35. The maximum absolute atomic E-state index is 4.60. The summed E-state index contributed by atoms with van der Waals surface area (Å²) in [6.45, 7) is 9.72. The van der Waals surface area contributed by atoms with Crippen molar-refractivity contribution in [2.24, 2.45) is 5.92 Å². The molecule has 1 aliphatic rings. The fraction of sp³-hybridized carbons (Fsp3) is 0.688. The largest absolute Gasteiger partial charge is 0.357 e. The molecule has 2 rings (SSSR count). The van der Waals surface area contributed by atoms with Crippen LogP contribution in [0, 0.1) is 5.92 Å². The third-order valence-electron chi connectivity index (χ3n) is 3.91. The lowest BCUT2D eigenvalue weighted by molar-refractivity contribution is 0.424. The quantitative estimate of drug-likeness (QED) is 0.882. The lowest BCUT2D eigenvalue weighted by Gasteiger charge is -2.26. The van der Waals surface area contributed by atoms with Gasteiger partial charge in [-0.1, -0.05) is 6.07 Å². The molecule has 0 amide bonds. The topological polar surface area (TPSA) is 28.2 Å². The lowest BCUT2D eigenvalue weighted by atomic mass is 10.1. The van der Waals surface area contributed by atoms with Gasteiger partial charge in [-0.15, -0.1) is 0 Å². The van der Waals surface area contributed by atoms with Gasteiger partial charge in [0.25, 0.3) is 0 Å². The average molecular weight is 261 g/mol. The van der Waals surface area contributed by atoms with E-state index in [0.717, 1.165) is 18.3 Å². The standard InChI is InChI=1S/C16H27N3/c1-12(14-7-8-14)19(5)15-9-6-13(10-17-15)11-18-16(2,3)4/h6,9-10,12,14,18H,7-8,11H2,1-5H3. The van der Waals surface area contributed by atoms with Crippen LogP contribution in [-0.2, 0) is 6.54 Å². The summed E-state index contributed by atoms with van der Waals surface area (Å²) in [6.07, 6.45) is 4.74. The van der Waals surface area contributed by atoms with Crippen LogP contribution in [0.5, 0.6) is 0 Å². The van der Waals surface area contributed by atoms with E-state index in [1.807, 2.05) is 6.20 Å².